The molecular formula is C9H5BrCl2N2. The van der Waals surface area contributed by atoms with E-state index in [4.69, 9.17) is 23.2 Å². The lowest BCUT2D eigenvalue weighted by molar-refractivity contribution is 0.876. The van der Waals surface area contributed by atoms with Gasteiger partial charge >= 0.3 is 0 Å². The maximum atomic E-state index is 6.07. The lowest BCUT2D eigenvalue weighted by Gasteiger charge is -2.07. The lowest BCUT2D eigenvalue weighted by atomic mass is 10.3. The maximum Gasteiger partial charge on any atom is 0.0988 e. The Balaban J connectivity index is 2.69. The molecule has 0 aliphatic carbocycles. The molecule has 14 heavy (non-hydrogen) atoms. The number of aromatic nitrogens is 2. The molecule has 0 unspecified atom stereocenters. The summed E-state index contributed by atoms with van der Waals surface area (Å²) in [7, 11) is 0. The van der Waals surface area contributed by atoms with Crippen molar-refractivity contribution < 1.29 is 0 Å². The van der Waals surface area contributed by atoms with Crippen LogP contribution in [-0.4, -0.2) is 9.78 Å². The van der Waals surface area contributed by atoms with Gasteiger partial charge in [0.15, 0.2) is 0 Å². The first-order valence-corrected chi connectivity index (χ1v) is 5.38. The Kier molecular flexibility index (Phi) is 2.81. The maximum absolute atomic E-state index is 6.07. The summed E-state index contributed by atoms with van der Waals surface area (Å²) in [6, 6.07) is 5.40. The van der Waals surface area contributed by atoms with Crippen molar-refractivity contribution >= 4 is 39.1 Å². The third-order valence-corrected chi connectivity index (χ3v) is 3.19. The van der Waals surface area contributed by atoms with Crippen LogP contribution in [0, 0.1) is 0 Å². The zero-order chi connectivity index (χ0) is 10.1. The molecule has 1 aromatic carbocycles. The van der Waals surface area contributed by atoms with Gasteiger partial charge < -0.3 is 0 Å². The van der Waals surface area contributed by atoms with Crippen LogP contribution in [0.25, 0.3) is 5.69 Å². The van der Waals surface area contributed by atoms with E-state index in [0.29, 0.717) is 10.0 Å². The average molecular weight is 292 g/mol. The molecule has 2 nitrogen and oxygen atoms in total. The van der Waals surface area contributed by atoms with Gasteiger partial charge in [-0.1, -0.05) is 23.2 Å². The second-order valence-corrected chi connectivity index (χ2v) is 4.28. The molecule has 0 bridgehead atoms. The van der Waals surface area contributed by atoms with E-state index < -0.39 is 0 Å². The van der Waals surface area contributed by atoms with Crippen molar-refractivity contribution in [1.29, 1.82) is 0 Å². The molecule has 2 rings (SSSR count). The molecule has 0 aliphatic rings. The Labute approximate surface area is 99.6 Å². The number of benzene rings is 1. The minimum atomic E-state index is 0.491. The standard InChI is InChI=1S/C9H5BrCl2N2/c10-6-2-3-7(11)8(12)9(6)14-5-1-4-13-14/h1-5H. The van der Waals surface area contributed by atoms with Crippen molar-refractivity contribution in [3.05, 3.63) is 45.1 Å². The monoisotopic (exact) mass is 290 g/mol. The van der Waals surface area contributed by atoms with Crippen LogP contribution in [0.15, 0.2) is 35.1 Å². The van der Waals surface area contributed by atoms with Gasteiger partial charge in [0.1, 0.15) is 0 Å². The molecule has 0 saturated heterocycles. The van der Waals surface area contributed by atoms with E-state index in [1.54, 1.807) is 16.9 Å². The Morgan fingerprint density at radius 2 is 2.07 bits per heavy atom. The molecule has 0 N–H and O–H groups in total. The van der Waals surface area contributed by atoms with E-state index in [1.807, 2.05) is 18.3 Å². The number of nitrogens with zero attached hydrogens (tertiary/aromatic N) is 2. The van der Waals surface area contributed by atoms with Crippen LogP contribution >= 0.6 is 39.1 Å². The van der Waals surface area contributed by atoms with Crippen LogP contribution in [0.3, 0.4) is 0 Å². The van der Waals surface area contributed by atoms with Crippen LogP contribution in [-0.2, 0) is 0 Å². The highest BCUT2D eigenvalue weighted by molar-refractivity contribution is 9.10. The third kappa shape index (κ3) is 1.67. The summed E-state index contributed by atoms with van der Waals surface area (Å²) >= 11 is 15.4. The first-order chi connectivity index (χ1) is 6.70. The van der Waals surface area contributed by atoms with Crippen LogP contribution in [0.5, 0.6) is 0 Å². The van der Waals surface area contributed by atoms with Crippen LogP contribution in [0.1, 0.15) is 0 Å². The highest BCUT2D eigenvalue weighted by atomic mass is 79.9. The molecule has 72 valence electrons. The molecule has 0 aliphatic heterocycles. The highest BCUT2D eigenvalue weighted by Gasteiger charge is 2.10. The van der Waals surface area contributed by atoms with E-state index in [-0.39, 0.29) is 0 Å². The summed E-state index contributed by atoms with van der Waals surface area (Å²) in [5, 5.41) is 5.10. The van der Waals surface area contributed by atoms with Crippen molar-refractivity contribution in [1.82, 2.24) is 9.78 Å². The van der Waals surface area contributed by atoms with Gasteiger partial charge in [-0.15, -0.1) is 0 Å². The van der Waals surface area contributed by atoms with Crippen LogP contribution < -0.4 is 0 Å². The van der Waals surface area contributed by atoms with Gasteiger partial charge in [0.25, 0.3) is 0 Å². The minimum absolute atomic E-state index is 0.491. The molecule has 0 fully saturated rings. The topological polar surface area (TPSA) is 17.8 Å². The van der Waals surface area contributed by atoms with Gasteiger partial charge in [-0.2, -0.15) is 5.10 Å². The molecule has 1 aromatic heterocycles. The molecular weight excluding hydrogens is 287 g/mol. The normalized spacial score (nSPS) is 10.5. The fraction of sp³-hybridized carbons (Fsp3) is 0. The first-order valence-electron chi connectivity index (χ1n) is 3.83. The molecule has 0 radical (unpaired) electrons. The third-order valence-electron chi connectivity index (χ3n) is 1.75. The van der Waals surface area contributed by atoms with Gasteiger partial charge in [-0.05, 0) is 34.1 Å². The van der Waals surface area contributed by atoms with Gasteiger partial charge in [-0.25, -0.2) is 4.68 Å². The van der Waals surface area contributed by atoms with Crippen LogP contribution in [0.2, 0.25) is 10.0 Å². The van der Waals surface area contributed by atoms with Gasteiger partial charge in [0, 0.05) is 16.9 Å². The summed E-state index contributed by atoms with van der Waals surface area (Å²) < 4.78 is 2.52. The molecule has 0 saturated carbocycles. The summed E-state index contributed by atoms with van der Waals surface area (Å²) in [6.07, 6.45) is 3.49. The van der Waals surface area contributed by atoms with Crippen molar-refractivity contribution in [2.24, 2.45) is 0 Å². The van der Waals surface area contributed by atoms with Gasteiger partial charge in [0.2, 0.25) is 0 Å². The largest absolute Gasteiger partial charge is 0.238 e. The quantitative estimate of drug-likeness (QED) is 0.728. The average Bonchev–Trinajstić information content (AvgIpc) is 2.65. The lowest BCUT2D eigenvalue weighted by Crippen LogP contribution is -1.96. The predicted octanol–water partition coefficient (Wildman–Crippen LogP) is 3.94. The van der Waals surface area contributed by atoms with Crippen LogP contribution in [0.4, 0.5) is 0 Å². The van der Waals surface area contributed by atoms with Crippen molar-refractivity contribution in [2.45, 2.75) is 0 Å². The number of hydrogen-bond donors (Lipinski definition) is 0. The fourth-order valence-electron chi connectivity index (χ4n) is 1.13. The smallest absolute Gasteiger partial charge is 0.0988 e. The Morgan fingerprint density at radius 3 is 2.71 bits per heavy atom. The Hall–Kier alpha value is -0.510. The van der Waals surface area contributed by atoms with E-state index in [2.05, 4.69) is 21.0 Å². The minimum Gasteiger partial charge on any atom is -0.238 e. The van der Waals surface area contributed by atoms with Crippen molar-refractivity contribution in [3.63, 3.8) is 0 Å². The first kappa shape index (κ1) is 10.0. The van der Waals surface area contributed by atoms with E-state index >= 15 is 0 Å². The Bertz CT molecular complexity index is 454. The SMILES string of the molecule is Clc1ccc(Br)c(-n2cccn2)c1Cl. The molecule has 5 heteroatoms. The summed E-state index contributed by atoms with van der Waals surface area (Å²) in [5.74, 6) is 0. The molecule has 0 amide bonds. The summed E-state index contributed by atoms with van der Waals surface area (Å²) in [6.45, 7) is 0. The Morgan fingerprint density at radius 1 is 1.29 bits per heavy atom. The molecule has 0 atom stereocenters. The second-order valence-electron chi connectivity index (χ2n) is 2.64. The molecule has 1 heterocycles. The number of halogens is 3. The zero-order valence-corrected chi connectivity index (χ0v) is 10.0. The summed E-state index contributed by atoms with van der Waals surface area (Å²) in [5.41, 5.74) is 0.754. The second kappa shape index (κ2) is 3.93. The zero-order valence-electron chi connectivity index (χ0n) is 6.92. The highest BCUT2D eigenvalue weighted by Crippen LogP contribution is 2.33. The van der Waals surface area contributed by atoms with Crippen molar-refractivity contribution in [2.75, 3.05) is 0 Å². The predicted molar refractivity (Wildman–Crippen MR) is 61.3 cm³/mol. The van der Waals surface area contributed by atoms with Crippen molar-refractivity contribution in [3.8, 4) is 5.69 Å². The molecule has 0 spiro atoms. The summed E-state index contributed by atoms with van der Waals surface area (Å²) in [4.78, 5) is 0. The fourth-order valence-corrected chi connectivity index (χ4v) is 2.16. The van der Waals surface area contributed by atoms with E-state index in [1.165, 1.54) is 0 Å². The van der Waals surface area contributed by atoms with Gasteiger partial charge in [0.05, 0.1) is 15.7 Å². The molecule has 2 aromatic rings. The number of hydrogen-bond acceptors (Lipinski definition) is 1. The number of rotatable bonds is 1. The van der Waals surface area contributed by atoms with E-state index in [0.717, 1.165) is 10.2 Å². The van der Waals surface area contributed by atoms with Gasteiger partial charge in [-0.3, -0.25) is 0 Å². The van der Waals surface area contributed by atoms with E-state index in [9.17, 15) is 0 Å².